The molecule has 1 aliphatic rings. The van der Waals surface area contributed by atoms with Gasteiger partial charge in [0, 0.05) is 32.8 Å². The van der Waals surface area contributed by atoms with Gasteiger partial charge in [0.25, 0.3) is 0 Å². The van der Waals surface area contributed by atoms with Crippen molar-refractivity contribution >= 4 is 0 Å². The maximum atomic E-state index is 5.52. The molecule has 2 heterocycles. The number of rotatable bonds is 4. The molecular formula is C11H16N2O2. The molecule has 0 aromatic carbocycles. The van der Waals surface area contributed by atoms with Crippen molar-refractivity contribution in [2.45, 2.75) is 12.0 Å². The van der Waals surface area contributed by atoms with E-state index in [4.69, 9.17) is 9.47 Å². The lowest BCUT2D eigenvalue weighted by Crippen LogP contribution is -2.62. The minimum atomic E-state index is -0.0956. The number of aromatic nitrogens is 1. The minimum absolute atomic E-state index is 0.0956. The van der Waals surface area contributed by atoms with Crippen LogP contribution in [0.1, 0.15) is 5.69 Å². The molecule has 1 aromatic rings. The third kappa shape index (κ3) is 1.96. The summed E-state index contributed by atoms with van der Waals surface area (Å²) < 4.78 is 10.8. The lowest BCUT2D eigenvalue weighted by Gasteiger charge is -2.41. The second kappa shape index (κ2) is 4.16. The standard InChI is InChI=1S/C11H16N2O2/c1-14-10-4-3-5-13-9(10)6-11(15-2)7-12-8-11/h3-5,12H,6-8H2,1-2H3. The van der Waals surface area contributed by atoms with Gasteiger partial charge in [0.1, 0.15) is 5.75 Å². The average Bonchev–Trinajstić information content (AvgIpc) is 2.24. The largest absolute Gasteiger partial charge is 0.495 e. The van der Waals surface area contributed by atoms with E-state index in [0.29, 0.717) is 0 Å². The van der Waals surface area contributed by atoms with Gasteiger partial charge in [-0.05, 0) is 12.1 Å². The summed E-state index contributed by atoms with van der Waals surface area (Å²) in [7, 11) is 3.41. The van der Waals surface area contributed by atoms with Gasteiger partial charge in [0.2, 0.25) is 0 Å². The Hall–Kier alpha value is -1.13. The summed E-state index contributed by atoms with van der Waals surface area (Å²) in [5.41, 5.74) is 0.866. The van der Waals surface area contributed by atoms with Crippen molar-refractivity contribution in [2.24, 2.45) is 0 Å². The molecular weight excluding hydrogens is 192 g/mol. The smallest absolute Gasteiger partial charge is 0.140 e. The first-order chi connectivity index (χ1) is 7.29. The van der Waals surface area contributed by atoms with Gasteiger partial charge in [-0.25, -0.2) is 0 Å². The fraction of sp³-hybridized carbons (Fsp3) is 0.545. The summed E-state index contributed by atoms with van der Waals surface area (Å²) in [6.07, 6.45) is 2.58. The highest BCUT2D eigenvalue weighted by molar-refractivity contribution is 5.28. The van der Waals surface area contributed by atoms with Crippen molar-refractivity contribution in [1.82, 2.24) is 10.3 Å². The fourth-order valence-corrected chi connectivity index (χ4v) is 1.79. The Bertz CT molecular complexity index is 332. The van der Waals surface area contributed by atoms with Crippen molar-refractivity contribution in [2.75, 3.05) is 27.3 Å². The monoisotopic (exact) mass is 208 g/mol. The van der Waals surface area contributed by atoms with Crippen LogP contribution < -0.4 is 10.1 Å². The zero-order valence-electron chi connectivity index (χ0n) is 9.12. The minimum Gasteiger partial charge on any atom is -0.495 e. The molecule has 4 nitrogen and oxygen atoms in total. The number of nitrogens with zero attached hydrogens (tertiary/aromatic N) is 1. The van der Waals surface area contributed by atoms with E-state index in [0.717, 1.165) is 31.0 Å². The highest BCUT2D eigenvalue weighted by Gasteiger charge is 2.38. The van der Waals surface area contributed by atoms with Crippen molar-refractivity contribution in [1.29, 1.82) is 0 Å². The number of ether oxygens (including phenoxy) is 2. The molecule has 1 fully saturated rings. The van der Waals surface area contributed by atoms with E-state index < -0.39 is 0 Å². The van der Waals surface area contributed by atoms with Crippen molar-refractivity contribution in [3.05, 3.63) is 24.0 Å². The Morgan fingerprint density at radius 1 is 1.47 bits per heavy atom. The van der Waals surface area contributed by atoms with Crippen LogP contribution >= 0.6 is 0 Å². The molecule has 1 saturated heterocycles. The summed E-state index contributed by atoms with van der Waals surface area (Å²) in [4.78, 5) is 4.33. The van der Waals surface area contributed by atoms with Crippen LogP contribution in [0, 0.1) is 0 Å². The molecule has 1 aromatic heterocycles. The van der Waals surface area contributed by atoms with Gasteiger partial charge >= 0.3 is 0 Å². The molecule has 0 amide bonds. The van der Waals surface area contributed by atoms with Gasteiger partial charge in [0.15, 0.2) is 0 Å². The first-order valence-corrected chi connectivity index (χ1v) is 5.03. The maximum absolute atomic E-state index is 5.52. The molecule has 15 heavy (non-hydrogen) atoms. The number of hydrogen-bond acceptors (Lipinski definition) is 4. The first kappa shape index (κ1) is 10.4. The van der Waals surface area contributed by atoms with E-state index in [-0.39, 0.29) is 5.60 Å². The first-order valence-electron chi connectivity index (χ1n) is 5.03. The van der Waals surface area contributed by atoms with Crippen molar-refractivity contribution in [3.63, 3.8) is 0 Å². The van der Waals surface area contributed by atoms with Crippen LogP contribution in [0.3, 0.4) is 0 Å². The van der Waals surface area contributed by atoms with E-state index >= 15 is 0 Å². The fourth-order valence-electron chi connectivity index (χ4n) is 1.79. The molecule has 0 saturated carbocycles. The summed E-state index contributed by atoms with van der Waals surface area (Å²) in [6.45, 7) is 1.76. The Morgan fingerprint density at radius 2 is 2.27 bits per heavy atom. The molecule has 0 bridgehead atoms. The van der Waals surface area contributed by atoms with E-state index in [1.807, 2.05) is 12.1 Å². The van der Waals surface area contributed by atoms with Gasteiger partial charge < -0.3 is 14.8 Å². The third-order valence-corrected chi connectivity index (χ3v) is 2.89. The molecule has 2 rings (SSSR count). The molecule has 82 valence electrons. The molecule has 1 N–H and O–H groups in total. The maximum Gasteiger partial charge on any atom is 0.140 e. The SMILES string of the molecule is COc1cccnc1CC1(OC)CNC1. The Labute approximate surface area is 89.6 Å². The second-order valence-corrected chi connectivity index (χ2v) is 3.82. The molecule has 0 aliphatic carbocycles. The van der Waals surface area contributed by atoms with E-state index in [2.05, 4.69) is 10.3 Å². The Morgan fingerprint density at radius 3 is 2.80 bits per heavy atom. The number of methoxy groups -OCH3 is 2. The van der Waals surface area contributed by atoms with Crippen LogP contribution in [-0.4, -0.2) is 37.9 Å². The van der Waals surface area contributed by atoms with Gasteiger partial charge in [-0.15, -0.1) is 0 Å². The number of hydrogen-bond donors (Lipinski definition) is 1. The summed E-state index contributed by atoms with van der Waals surface area (Å²) in [5.74, 6) is 0.834. The highest BCUT2D eigenvalue weighted by Crippen LogP contribution is 2.25. The van der Waals surface area contributed by atoms with E-state index in [1.54, 1.807) is 20.4 Å². The van der Waals surface area contributed by atoms with E-state index in [1.165, 1.54) is 0 Å². The summed E-state index contributed by atoms with van der Waals surface area (Å²) >= 11 is 0. The van der Waals surface area contributed by atoms with Gasteiger partial charge in [0.05, 0.1) is 18.4 Å². The van der Waals surface area contributed by atoms with Crippen LogP contribution in [-0.2, 0) is 11.2 Å². The lowest BCUT2D eigenvalue weighted by atomic mass is 9.90. The van der Waals surface area contributed by atoms with Crippen LogP contribution in [0.25, 0.3) is 0 Å². The molecule has 1 aliphatic heterocycles. The Balaban J connectivity index is 2.15. The predicted octanol–water partition coefficient (Wildman–Crippen LogP) is 0.621. The van der Waals surface area contributed by atoms with Gasteiger partial charge in [-0.1, -0.05) is 0 Å². The van der Waals surface area contributed by atoms with Gasteiger partial charge in [-0.2, -0.15) is 0 Å². The third-order valence-electron chi connectivity index (χ3n) is 2.89. The van der Waals surface area contributed by atoms with Gasteiger partial charge in [-0.3, -0.25) is 4.98 Å². The molecule has 0 spiro atoms. The molecule has 4 heteroatoms. The lowest BCUT2D eigenvalue weighted by molar-refractivity contribution is -0.0511. The zero-order chi connectivity index (χ0) is 10.7. The van der Waals surface area contributed by atoms with Crippen LogP contribution in [0.4, 0.5) is 0 Å². The topological polar surface area (TPSA) is 43.4 Å². The van der Waals surface area contributed by atoms with Crippen molar-refractivity contribution < 1.29 is 9.47 Å². The Kier molecular flexibility index (Phi) is 2.88. The van der Waals surface area contributed by atoms with Crippen LogP contribution in [0.2, 0.25) is 0 Å². The number of pyridine rings is 1. The number of nitrogens with one attached hydrogen (secondary N) is 1. The second-order valence-electron chi connectivity index (χ2n) is 3.82. The summed E-state index contributed by atoms with van der Waals surface area (Å²) in [5, 5.41) is 3.22. The molecule has 0 unspecified atom stereocenters. The van der Waals surface area contributed by atoms with E-state index in [9.17, 15) is 0 Å². The molecule has 0 atom stereocenters. The predicted molar refractivity (Wildman–Crippen MR) is 57.1 cm³/mol. The molecule has 0 radical (unpaired) electrons. The quantitative estimate of drug-likeness (QED) is 0.787. The highest BCUT2D eigenvalue weighted by atomic mass is 16.5. The van der Waals surface area contributed by atoms with Crippen LogP contribution in [0.5, 0.6) is 5.75 Å². The normalized spacial score (nSPS) is 18.3. The summed E-state index contributed by atoms with van der Waals surface area (Å²) in [6, 6.07) is 3.80. The van der Waals surface area contributed by atoms with Crippen LogP contribution in [0.15, 0.2) is 18.3 Å². The average molecular weight is 208 g/mol. The van der Waals surface area contributed by atoms with Crippen molar-refractivity contribution in [3.8, 4) is 5.75 Å². The zero-order valence-corrected chi connectivity index (χ0v) is 9.12.